The highest BCUT2D eigenvalue weighted by atomic mass is 32.1. The van der Waals surface area contributed by atoms with Crippen molar-refractivity contribution in [2.24, 2.45) is 0 Å². The van der Waals surface area contributed by atoms with Crippen molar-refractivity contribution in [2.45, 2.75) is 6.92 Å². The van der Waals surface area contributed by atoms with Crippen molar-refractivity contribution in [3.63, 3.8) is 0 Å². The summed E-state index contributed by atoms with van der Waals surface area (Å²) in [5.41, 5.74) is 1.43. The van der Waals surface area contributed by atoms with Crippen LogP contribution < -0.4 is 5.69 Å². The molecule has 2 aromatic heterocycles. The quantitative estimate of drug-likeness (QED) is 0.690. The molecule has 0 amide bonds. The number of hydrogen-bond donors (Lipinski definition) is 1. The van der Waals surface area contributed by atoms with Crippen molar-refractivity contribution in [3.05, 3.63) is 56.8 Å². The van der Waals surface area contributed by atoms with Crippen molar-refractivity contribution in [2.75, 3.05) is 0 Å². The molecular formula is C13H9N5OS. The largest absolute Gasteiger partial charge is 0.334 e. The number of nitriles is 1. The summed E-state index contributed by atoms with van der Waals surface area (Å²) in [6.45, 7) is 1.70. The second-order valence-corrected chi connectivity index (χ2v) is 4.58. The Morgan fingerprint density at radius 3 is 2.70 bits per heavy atom. The second kappa shape index (κ2) is 4.43. The predicted octanol–water partition coefficient (Wildman–Crippen LogP) is 1.72. The molecule has 0 bridgehead atoms. The highest BCUT2D eigenvalue weighted by molar-refractivity contribution is 7.71. The molecule has 0 aliphatic carbocycles. The monoisotopic (exact) mass is 283 g/mol. The van der Waals surface area contributed by atoms with Crippen molar-refractivity contribution in [1.82, 2.24) is 19.2 Å². The topological polar surface area (TPSA) is 78.9 Å². The molecule has 98 valence electrons. The Balaban J connectivity index is 2.47. The first-order valence-electron chi connectivity index (χ1n) is 5.83. The lowest BCUT2D eigenvalue weighted by atomic mass is 10.3. The maximum atomic E-state index is 12.2. The number of aromatic amines is 1. The molecule has 6 nitrogen and oxygen atoms in total. The number of rotatable bonds is 1. The fourth-order valence-corrected chi connectivity index (χ4v) is 2.38. The van der Waals surface area contributed by atoms with Crippen molar-refractivity contribution >= 4 is 17.9 Å². The molecule has 0 unspecified atom stereocenters. The predicted molar refractivity (Wildman–Crippen MR) is 75.4 cm³/mol. The lowest BCUT2D eigenvalue weighted by Crippen LogP contribution is -2.24. The first-order chi connectivity index (χ1) is 9.63. The molecule has 0 aliphatic rings. The van der Waals surface area contributed by atoms with Gasteiger partial charge in [-0.05, 0) is 31.3 Å². The van der Waals surface area contributed by atoms with Gasteiger partial charge >= 0.3 is 5.69 Å². The molecule has 2 heterocycles. The van der Waals surface area contributed by atoms with Gasteiger partial charge in [0.2, 0.25) is 4.77 Å². The summed E-state index contributed by atoms with van der Waals surface area (Å²) in [7, 11) is 0. The molecule has 20 heavy (non-hydrogen) atoms. The third kappa shape index (κ3) is 1.66. The lowest BCUT2D eigenvalue weighted by molar-refractivity contribution is 0.772. The van der Waals surface area contributed by atoms with Crippen LogP contribution in [0.5, 0.6) is 0 Å². The van der Waals surface area contributed by atoms with Gasteiger partial charge in [-0.1, -0.05) is 18.2 Å². The van der Waals surface area contributed by atoms with Crippen LogP contribution in [0.15, 0.2) is 35.1 Å². The van der Waals surface area contributed by atoms with E-state index in [-0.39, 0.29) is 4.77 Å². The minimum Gasteiger partial charge on any atom is -0.290 e. The van der Waals surface area contributed by atoms with E-state index in [4.69, 9.17) is 17.5 Å². The first-order valence-corrected chi connectivity index (χ1v) is 6.24. The van der Waals surface area contributed by atoms with Crippen LogP contribution in [-0.2, 0) is 0 Å². The minimum absolute atomic E-state index is 0.222. The Morgan fingerprint density at radius 2 is 2.05 bits per heavy atom. The van der Waals surface area contributed by atoms with E-state index >= 15 is 0 Å². The van der Waals surface area contributed by atoms with E-state index in [1.807, 2.05) is 24.3 Å². The van der Waals surface area contributed by atoms with Gasteiger partial charge in [0, 0.05) is 0 Å². The van der Waals surface area contributed by atoms with Crippen molar-refractivity contribution < 1.29 is 0 Å². The van der Waals surface area contributed by atoms with Gasteiger partial charge in [-0.2, -0.15) is 14.9 Å². The van der Waals surface area contributed by atoms with E-state index in [1.165, 1.54) is 9.08 Å². The van der Waals surface area contributed by atoms with Gasteiger partial charge < -0.3 is 0 Å². The average Bonchev–Trinajstić information content (AvgIpc) is 2.76. The zero-order valence-corrected chi connectivity index (χ0v) is 11.3. The summed E-state index contributed by atoms with van der Waals surface area (Å²) in [5.74, 6) is 0. The molecular weight excluding hydrogens is 274 g/mol. The highest BCUT2D eigenvalue weighted by Gasteiger charge is 2.14. The summed E-state index contributed by atoms with van der Waals surface area (Å²) < 4.78 is 2.97. The normalized spacial score (nSPS) is 10.6. The van der Waals surface area contributed by atoms with Crippen molar-refractivity contribution in [1.29, 1.82) is 5.26 Å². The Bertz CT molecular complexity index is 959. The smallest absolute Gasteiger partial charge is 0.290 e. The van der Waals surface area contributed by atoms with Gasteiger partial charge in [0.1, 0.15) is 11.6 Å². The summed E-state index contributed by atoms with van der Waals surface area (Å²) >= 11 is 5.32. The summed E-state index contributed by atoms with van der Waals surface area (Å²) in [6, 6.07) is 11.1. The third-order valence-corrected chi connectivity index (χ3v) is 3.34. The Kier molecular flexibility index (Phi) is 2.73. The van der Waals surface area contributed by atoms with E-state index in [9.17, 15) is 4.79 Å². The van der Waals surface area contributed by atoms with Gasteiger partial charge in [0.25, 0.3) is 0 Å². The Labute approximate surface area is 118 Å². The molecule has 0 fully saturated rings. The fraction of sp³-hybridized carbons (Fsp3) is 0.0769. The maximum Gasteiger partial charge on any atom is 0.334 e. The van der Waals surface area contributed by atoms with E-state index in [0.29, 0.717) is 22.6 Å². The Morgan fingerprint density at radius 1 is 1.35 bits per heavy atom. The first kappa shape index (κ1) is 12.3. The maximum absolute atomic E-state index is 12.2. The van der Waals surface area contributed by atoms with Crippen molar-refractivity contribution in [3.8, 4) is 11.8 Å². The molecule has 0 atom stereocenters. The lowest BCUT2D eigenvalue weighted by Gasteiger charge is -2.06. The number of nitrogens with zero attached hydrogens (tertiary/aromatic N) is 4. The average molecular weight is 283 g/mol. The van der Waals surface area contributed by atoms with Gasteiger partial charge in [-0.25, -0.2) is 9.36 Å². The number of hydrogen-bond acceptors (Lipinski definition) is 4. The molecule has 0 saturated carbocycles. The van der Waals surface area contributed by atoms with Gasteiger partial charge in [0.05, 0.1) is 11.4 Å². The van der Waals surface area contributed by atoms with Gasteiger partial charge in [0.15, 0.2) is 5.65 Å². The molecule has 0 spiro atoms. The summed E-state index contributed by atoms with van der Waals surface area (Å²) in [4.78, 5) is 14.9. The number of aryl methyl sites for hydroxylation is 1. The van der Waals surface area contributed by atoms with Crippen LogP contribution in [-0.4, -0.2) is 19.2 Å². The number of fused-ring (bicyclic) bond motifs is 1. The number of H-pyrrole nitrogens is 1. The van der Waals surface area contributed by atoms with Gasteiger partial charge in [-0.15, -0.1) is 0 Å². The number of aromatic nitrogens is 4. The van der Waals surface area contributed by atoms with Crippen LogP contribution in [0.4, 0.5) is 0 Å². The number of nitrogens with one attached hydrogen (secondary N) is 1. The summed E-state index contributed by atoms with van der Waals surface area (Å²) in [6.07, 6.45) is 0. The third-order valence-electron chi connectivity index (χ3n) is 2.99. The zero-order valence-electron chi connectivity index (χ0n) is 10.5. The number of benzene rings is 1. The van der Waals surface area contributed by atoms with E-state index in [0.717, 1.165) is 0 Å². The van der Waals surface area contributed by atoms with Crippen LogP contribution >= 0.6 is 12.2 Å². The zero-order chi connectivity index (χ0) is 14.3. The van der Waals surface area contributed by atoms with Gasteiger partial charge in [-0.3, -0.25) is 4.98 Å². The van der Waals surface area contributed by atoms with Crippen LogP contribution in [0.2, 0.25) is 0 Å². The van der Waals surface area contributed by atoms with E-state index in [1.54, 1.807) is 19.1 Å². The van der Waals surface area contributed by atoms with Crippen LogP contribution in [0.3, 0.4) is 0 Å². The molecule has 0 saturated heterocycles. The molecule has 0 aliphatic heterocycles. The fourth-order valence-electron chi connectivity index (χ4n) is 2.06. The molecule has 1 aromatic carbocycles. The number of para-hydroxylation sites is 1. The second-order valence-electron chi connectivity index (χ2n) is 4.22. The summed E-state index contributed by atoms with van der Waals surface area (Å²) in [5, 5.41) is 13.3. The minimum atomic E-state index is -0.398. The van der Waals surface area contributed by atoms with Crippen LogP contribution in [0.25, 0.3) is 11.3 Å². The van der Waals surface area contributed by atoms with E-state index < -0.39 is 5.69 Å². The van der Waals surface area contributed by atoms with E-state index in [2.05, 4.69) is 10.1 Å². The highest BCUT2D eigenvalue weighted by Crippen LogP contribution is 2.12. The molecule has 3 rings (SSSR count). The molecule has 0 radical (unpaired) electrons. The molecule has 7 heteroatoms. The SMILES string of the molecule is Cc1nn2c(=S)n(-c3ccccc3)c(=O)[nH]c2c1C#N. The Hall–Kier alpha value is -2.72. The molecule has 3 aromatic rings. The standard InChI is InChI=1S/C13H9N5OS/c1-8-10(7-14)11-15-12(19)17(13(20)18(11)16-8)9-5-3-2-4-6-9/h2-6H,1H3,(H,15,19). The molecule has 1 N–H and O–H groups in total. The van der Waals surface area contributed by atoms with Crippen LogP contribution in [0.1, 0.15) is 11.3 Å². The van der Waals surface area contributed by atoms with Crippen LogP contribution in [0, 0.1) is 23.0 Å².